The molecule has 2 nitrogen and oxygen atoms in total. The van der Waals surface area contributed by atoms with Crippen LogP contribution in [-0.2, 0) is 10.8 Å². The summed E-state index contributed by atoms with van der Waals surface area (Å²) in [6, 6.07) is 91.3. The van der Waals surface area contributed by atoms with Crippen molar-refractivity contribution in [3.8, 4) is 44.9 Å². The Morgan fingerprint density at radius 2 is 0.703 bits per heavy atom. The summed E-state index contributed by atoms with van der Waals surface area (Å²) in [4.78, 5) is 2.46. The summed E-state index contributed by atoms with van der Waals surface area (Å²) < 4.78 is 6.71. The van der Waals surface area contributed by atoms with E-state index in [0.717, 1.165) is 39.7 Å². The highest BCUT2D eigenvalue weighted by molar-refractivity contribution is 5.92. The van der Waals surface area contributed by atoms with E-state index in [4.69, 9.17) is 4.74 Å². The van der Waals surface area contributed by atoms with Crippen LogP contribution in [0.3, 0.4) is 0 Å². The molecule has 64 heavy (non-hydrogen) atoms. The van der Waals surface area contributed by atoms with Crippen molar-refractivity contribution in [3.05, 3.63) is 293 Å². The first-order chi connectivity index (χ1) is 31.7. The molecule has 13 rings (SSSR count). The van der Waals surface area contributed by atoms with Crippen molar-refractivity contribution in [3.63, 3.8) is 0 Å². The van der Waals surface area contributed by atoms with E-state index in [0.29, 0.717) is 0 Å². The van der Waals surface area contributed by atoms with Crippen LogP contribution in [0.5, 0.6) is 11.5 Å². The Hall–Kier alpha value is -8.20. The maximum Gasteiger partial charge on any atom is 0.132 e. The minimum atomic E-state index is -0.591. The lowest BCUT2D eigenvalue weighted by Crippen LogP contribution is -2.32. The third-order valence-electron chi connectivity index (χ3n) is 14.0. The highest BCUT2D eigenvalue weighted by atomic mass is 16.5. The molecule has 0 unspecified atom stereocenters. The molecular weight excluding hydrogens is 775 g/mol. The zero-order chi connectivity index (χ0) is 42.2. The predicted octanol–water partition coefficient (Wildman–Crippen LogP) is 15.7. The number of benzene rings is 10. The monoisotopic (exact) mass is 815 g/mol. The van der Waals surface area contributed by atoms with Crippen molar-refractivity contribution >= 4 is 17.1 Å². The van der Waals surface area contributed by atoms with Gasteiger partial charge >= 0.3 is 0 Å². The van der Waals surface area contributed by atoms with Gasteiger partial charge in [0, 0.05) is 28.2 Å². The standard InChI is InChI=1S/C62H41NO/c1-3-18-42(19-4-1)43-34-36-46(37-35-43)63(47-23-17-22-45(40-47)61(44-20-5-2-6-21-44)53-27-10-7-24-49(53)50-25-8-11-28-54(50)61)48-38-39-52-51-26-9-12-29-55(51)62(58(52)41-48)56-30-13-15-32-59(56)64-60-33-16-14-31-57(60)62/h1-41H. The average Bonchev–Trinajstić information content (AvgIpc) is 3.83. The molecule has 1 aliphatic heterocycles. The van der Waals surface area contributed by atoms with Crippen molar-refractivity contribution < 1.29 is 4.74 Å². The van der Waals surface area contributed by atoms with Crippen LogP contribution in [-0.4, -0.2) is 0 Å². The van der Waals surface area contributed by atoms with Gasteiger partial charge in [0.2, 0.25) is 0 Å². The first-order valence-corrected chi connectivity index (χ1v) is 22.2. The molecule has 0 bridgehead atoms. The topological polar surface area (TPSA) is 12.5 Å². The van der Waals surface area contributed by atoms with Crippen LogP contribution in [0.1, 0.15) is 44.5 Å². The summed E-state index contributed by atoms with van der Waals surface area (Å²) in [7, 11) is 0. The Bertz CT molecular complexity index is 3330. The van der Waals surface area contributed by atoms with Gasteiger partial charge in [0.05, 0.1) is 10.8 Å². The summed E-state index contributed by atoms with van der Waals surface area (Å²) in [6.07, 6.45) is 0. The van der Waals surface area contributed by atoms with E-state index in [-0.39, 0.29) is 0 Å². The van der Waals surface area contributed by atoms with Gasteiger partial charge in [-0.2, -0.15) is 0 Å². The number of para-hydroxylation sites is 2. The average molecular weight is 816 g/mol. The number of anilines is 3. The van der Waals surface area contributed by atoms with E-state index < -0.39 is 10.8 Å². The van der Waals surface area contributed by atoms with Gasteiger partial charge in [0.15, 0.2) is 0 Å². The van der Waals surface area contributed by atoms with E-state index in [1.54, 1.807) is 0 Å². The van der Waals surface area contributed by atoms with Gasteiger partial charge in [-0.15, -0.1) is 0 Å². The van der Waals surface area contributed by atoms with E-state index in [9.17, 15) is 0 Å². The smallest absolute Gasteiger partial charge is 0.132 e. The molecule has 0 aromatic heterocycles. The van der Waals surface area contributed by atoms with Crippen LogP contribution >= 0.6 is 0 Å². The quantitative estimate of drug-likeness (QED) is 0.166. The molecule has 0 fully saturated rings. The van der Waals surface area contributed by atoms with Gasteiger partial charge in [-0.1, -0.05) is 200 Å². The van der Waals surface area contributed by atoms with Crippen LogP contribution in [0.25, 0.3) is 33.4 Å². The van der Waals surface area contributed by atoms with Crippen molar-refractivity contribution in [2.75, 3.05) is 4.90 Å². The molecular formula is C62H41NO. The van der Waals surface area contributed by atoms with Gasteiger partial charge in [-0.05, 0) is 115 Å². The maximum atomic E-state index is 6.71. The minimum Gasteiger partial charge on any atom is -0.457 e. The molecule has 10 aromatic rings. The summed E-state index contributed by atoms with van der Waals surface area (Å²) in [6.45, 7) is 0. The Balaban J connectivity index is 1.07. The van der Waals surface area contributed by atoms with Gasteiger partial charge in [-0.25, -0.2) is 0 Å². The molecule has 3 aliphatic rings. The van der Waals surface area contributed by atoms with Crippen molar-refractivity contribution in [2.45, 2.75) is 10.8 Å². The lowest BCUT2D eigenvalue weighted by molar-refractivity contribution is 0.436. The van der Waals surface area contributed by atoms with Gasteiger partial charge in [0.25, 0.3) is 0 Å². The second-order valence-electron chi connectivity index (χ2n) is 17.1. The molecule has 1 heterocycles. The highest BCUT2D eigenvalue weighted by Crippen LogP contribution is 2.63. The molecule has 1 spiro atoms. The molecule has 0 radical (unpaired) electrons. The molecule has 0 saturated carbocycles. The lowest BCUT2D eigenvalue weighted by Gasteiger charge is -2.39. The van der Waals surface area contributed by atoms with E-state index >= 15 is 0 Å². The summed E-state index contributed by atoms with van der Waals surface area (Å²) in [5.41, 5.74) is 19.4. The van der Waals surface area contributed by atoms with E-state index in [2.05, 4.69) is 254 Å². The zero-order valence-electron chi connectivity index (χ0n) is 35.0. The number of rotatable bonds is 6. The minimum absolute atomic E-state index is 0.535. The van der Waals surface area contributed by atoms with Crippen molar-refractivity contribution in [2.24, 2.45) is 0 Å². The highest BCUT2D eigenvalue weighted by Gasteiger charge is 2.51. The Kier molecular flexibility index (Phi) is 8.07. The largest absolute Gasteiger partial charge is 0.457 e. The predicted molar refractivity (Wildman–Crippen MR) is 261 cm³/mol. The zero-order valence-corrected chi connectivity index (χ0v) is 35.0. The third kappa shape index (κ3) is 5.08. The number of nitrogens with zero attached hydrogens (tertiary/aromatic N) is 1. The maximum absolute atomic E-state index is 6.71. The number of fused-ring (bicyclic) bond motifs is 12. The van der Waals surface area contributed by atoms with Crippen LogP contribution in [0.15, 0.2) is 249 Å². The Labute approximate surface area is 374 Å². The number of ether oxygens (including phenoxy) is 1. The lowest BCUT2D eigenvalue weighted by atomic mass is 9.66. The molecule has 10 aromatic carbocycles. The SMILES string of the molecule is c1ccc(-c2ccc(N(c3cccc(C4(c5ccccc5)c5ccccc5-c5ccccc54)c3)c3ccc4c(c3)C3(c5ccccc5Oc5ccccc53)c3ccccc3-4)cc2)cc1. The van der Waals surface area contributed by atoms with Gasteiger partial charge in [-0.3, -0.25) is 0 Å². The summed E-state index contributed by atoms with van der Waals surface area (Å²) >= 11 is 0. The molecule has 0 N–H and O–H groups in total. The molecule has 2 aliphatic carbocycles. The molecule has 0 amide bonds. The second kappa shape index (κ2) is 14.2. The third-order valence-corrected chi connectivity index (χ3v) is 14.0. The fourth-order valence-electron chi connectivity index (χ4n) is 11.5. The summed E-state index contributed by atoms with van der Waals surface area (Å²) in [5.74, 6) is 1.78. The summed E-state index contributed by atoms with van der Waals surface area (Å²) in [5, 5.41) is 0. The molecule has 300 valence electrons. The fraction of sp³-hybridized carbons (Fsp3) is 0.0323. The first kappa shape index (κ1) is 36.5. The second-order valence-corrected chi connectivity index (χ2v) is 17.1. The van der Waals surface area contributed by atoms with Gasteiger partial charge < -0.3 is 9.64 Å². The first-order valence-electron chi connectivity index (χ1n) is 22.2. The van der Waals surface area contributed by atoms with Crippen LogP contribution in [0.4, 0.5) is 17.1 Å². The van der Waals surface area contributed by atoms with E-state index in [1.165, 1.54) is 66.8 Å². The normalized spacial score (nSPS) is 14.0. The Morgan fingerprint density at radius 3 is 1.31 bits per heavy atom. The molecule has 0 atom stereocenters. The fourth-order valence-corrected chi connectivity index (χ4v) is 11.5. The van der Waals surface area contributed by atoms with Crippen LogP contribution < -0.4 is 9.64 Å². The molecule has 2 heteroatoms. The number of hydrogen-bond donors (Lipinski definition) is 0. The van der Waals surface area contributed by atoms with Crippen LogP contribution in [0.2, 0.25) is 0 Å². The van der Waals surface area contributed by atoms with Crippen molar-refractivity contribution in [1.82, 2.24) is 0 Å². The van der Waals surface area contributed by atoms with Crippen LogP contribution in [0, 0.1) is 0 Å². The number of hydrogen-bond acceptors (Lipinski definition) is 2. The molecule has 0 saturated heterocycles. The van der Waals surface area contributed by atoms with Gasteiger partial charge in [0.1, 0.15) is 11.5 Å². The van der Waals surface area contributed by atoms with E-state index in [1.807, 2.05) is 0 Å². The Morgan fingerprint density at radius 1 is 0.266 bits per heavy atom. The van der Waals surface area contributed by atoms with Crippen molar-refractivity contribution in [1.29, 1.82) is 0 Å².